The standard InChI is InChI=1S/C24H26N4O4S/c1-2-22(18-5-7-19(8-6-18)28-15-3-4-16-28)24(29)32-20-9-11-21(12-10-20)33(30,31)27-23-17-25-13-14-26-23/h5-14,17,22H,2-4,15-16H2,1H3,(H,26,27). The van der Waals surface area contributed by atoms with Gasteiger partial charge in [0.1, 0.15) is 5.75 Å². The molecule has 2 aromatic carbocycles. The highest BCUT2D eigenvalue weighted by molar-refractivity contribution is 7.92. The van der Waals surface area contributed by atoms with Gasteiger partial charge < -0.3 is 9.64 Å². The summed E-state index contributed by atoms with van der Waals surface area (Å²) in [4.78, 5) is 22.9. The van der Waals surface area contributed by atoms with Crippen LogP contribution in [0.1, 0.15) is 37.7 Å². The summed E-state index contributed by atoms with van der Waals surface area (Å²) in [5.74, 6) is -0.376. The van der Waals surface area contributed by atoms with Crippen LogP contribution in [0.4, 0.5) is 11.5 Å². The second-order valence-electron chi connectivity index (χ2n) is 7.84. The molecule has 1 aliphatic rings. The summed E-state index contributed by atoms with van der Waals surface area (Å²) in [6, 6.07) is 13.8. The number of ether oxygens (including phenoxy) is 1. The number of aromatic nitrogens is 2. The third-order valence-electron chi connectivity index (χ3n) is 5.61. The Morgan fingerprint density at radius 1 is 1.06 bits per heavy atom. The lowest BCUT2D eigenvalue weighted by atomic mass is 9.96. The first-order chi connectivity index (χ1) is 16.0. The fourth-order valence-electron chi connectivity index (χ4n) is 3.85. The number of carbonyl (C=O) groups excluding carboxylic acids is 1. The molecule has 1 aliphatic heterocycles. The lowest BCUT2D eigenvalue weighted by Gasteiger charge is -2.19. The van der Waals surface area contributed by atoms with Gasteiger partial charge in [0.05, 0.1) is 17.0 Å². The van der Waals surface area contributed by atoms with Crippen molar-refractivity contribution in [3.63, 3.8) is 0 Å². The van der Waals surface area contributed by atoms with E-state index >= 15 is 0 Å². The predicted octanol–water partition coefficient (Wildman–Crippen LogP) is 3.98. The van der Waals surface area contributed by atoms with Crippen molar-refractivity contribution in [2.75, 3.05) is 22.7 Å². The van der Waals surface area contributed by atoms with Crippen molar-refractivity contribution in [1.82, 2.24) is 9.97 Å². The molecule has 9 heteroatoms. The Morgan fingerprint density at radius 3 is 2.36 bits per heavy atom. The van der Waals surface area contributed by atoms with Crippen LogP contribution < -0.4 is 14.4 Å². The first-order valence-electron chi connectivity index (χ1n) is 10.9. The molecule has 0 aliphatic carbocycles. The van der Waals surface area contributed by atoms with Crippen LogP contribution in [0.15, 0.2) is 72.0 Å². The molecule has 1 saturated heterocycles. The molecule has 33 heavy (non-hydrogen) atoms. The lowest BCUT2D eigenvalue weighted by molar-refractivity contribution is -0.136. The molecule has 4 rings (SSSR count). The third-order valence-corrected chi connectivity index (χ3v) is 6.98. The van der Waals surface area contributed by atoms with Gasteiger partial charge in [-0.2, -0.15) is 0 Å². The minimum Gasteiger partial charge on any atom is -0.426 e. The quantitative estimate of drug-likeness (QED) is 0.396. The van der Waals surface area contributed by atoms with E-state index in [4.69, 9.17) is 4.74 Å². The van der Waals surface area contributed by atoms with Crippen molar-refractivity contribution in [1.29, 1.82) is 0 Å². The van der Waals surface area contributed by atoms with E-state index in [0.717, 1.165) is 18.7 Å². The molecule has 1 atom stereocenters. The van der Waals surface area contributed by atoms with Crippen LogP contribution in [0.3, 0.4) is 0 Å². The van der Waals surface area contributed by atoms with Gasteiger partial charge in [0.25, 0.3) is 10.0 Å². The molecule has 1 N–H and O–H groups in total. The first kappa shape index (κ1) is 22.7. The highest BCUT2D eigenvalue weighted by atomic mass is 32.2. The van der Waals surface area contributed by atoms with Gasteiger partial charge in [-0.15, -0.1) is 0 Å². The molecule has 0 bridgehead atoms. The summed E-state index contributed by atoms with van der Waals surface area (Å²) in [5.41, 5.74) is 2.07. The van der Waals surface area contributed by atoms with Crippen LogP contribution >= 0.6 is 0 Å². The number of esters is 1. The molecular formula is C24H26N4O4S. The molecule has 0 spiro atoms. The van der Waals surface area contributed by atoms with Crippen LogP contribution in [0.2, 0.25) is 0 Å². The average molecular weight is 467 g/mol. The Morgan fingerprint density at radius 2 is 1.76 bits per heavy atom. The molecule has 1 unspecified atom stereocenters. The average Bonchev–Trinajstić information content (AvgIpc) is 3.36. The SMILES string of the molecule is CCC(C(=O)Oc1ccc(S(=O)(=O)Nc2cnccn2)cc1)c1ccc(N2CCCC2)cc1. The van der Waals surface area contributed by atoms with E-state index in [1.807, 2.05) is 19.1 Å². The normalized spacial score (nSPS) is 14.6. The number of nitrogens with zero attached hydrogens (tertiary/aromatic N) is 3. The van der Waals surface area contributed by atoms with Gasteiger partial charge in [-0.3, -0.25) is 14.5 Å². The van der Waals surface area contributed by atoms with E-state index in [0.29, 0.717) is 6.42 Å². The van der Waals surface area contributed by atoms with Crippen LogP contribution in [0, 0.1) is 0 Å². The zero-order valence-electron chi connectivity index (χ0n) is 18.3. The summed E-state index contributed by atoms with van der Waals surface area (Å²) >= 11 is 0. The van der Waals surface area contributed by atoms with E-state index in [-0.39, 0.29) is 22.4 Å². The van der Waals surface area contributed by atoms with E-state index in [9.17, 15) is 13.2 Å². The molecule has 1 fully saturated rings. The number of rotatable bonds is 8. The maximum absolute atomic E-state index is 12.8. The van der Waals surface area contributed by atoms with Crippen LogP contribution in [-0.4, -0.2) is 37.4 Å². The molecule has 0 radical (unpaired) electrons. The van der Waals surface area contributed by atoms with Gasteiger partial charge in [0.2, 0.25) is 0 Å². The number of benzene rings is 2. The van der Waals surface area contributed by atoms with Crippen molar-refractivity contribution in [3.05, 3.63) is 72.7 Å². The molecule has 1 aromatic heterocycles. The highest BCUT2D eigenvalue weighted by Crippen LogP contribution is 2.27. The lowest BCUT2D eigenvalue weighted by Crippen LogP contribution is -2.20. The second kappa shape index (κ2) is 9.99. The maximum atomic E-state index is 12.8. The third kappa shape index (κ3) is 5.48. The Hall–Kier alpha value is -3.46. The topological polar surface area (TPSA) is 101 Å². The van der Waals surface area contributed by atoms with E-state index < -0.39 is 15.9 Å². The molecule has 8 nitrogen and oxygen atoms in total. The summed E-state index contributed by atoms with van der Waals surface area (Å²) < 4.78 is 32.9. The number of anilines is 2. The molecule has 3 aromatic rings. The number of hydrogen-bond acceptors (Lipinski definition) is 7. The van der Waals surface area contributed by atoms with Crippen LogP contribution in [0.5, 0.6) is 5.75 Å². The van der Waals surface area contributed by atoms with Gasteiger partial charge in [-0.1, -0.05) is 19.1 Å². The zero-order chi connectivity index (χ0) is 23.3. The second-order valence-corrected chi connectivity index (χ2v) is 9.52. The van der Waals surface area contributed by atoms with Crippen LogP contribution in [0.25, 0.3) is 0 Å². The monoisotopic (exact) mass is 466 g/mol. The minimum atomic E-state index is -3.83. The van der Waals surface area contributed by atoms with Crippen molar-refractivity contribution in [2.24, 2.45) is 0 Å². The Balaban J connectivity index is 1.41. The highest BCUT2D eigenvalue weighted by Gasteiger charge is 2.22. The van der Waals surface area contributed by atoms with E-state index in [1.165, 1.54) is 61.4 Å². The summed E-state index contributed by atoms with van der Waals surface area (Å²) in [6.45, 7) is 4.07. The Labute approximate surface area is 193 Å². The largest absolute Gasteiger partial charge is 0.426 e. The van der Waals surface area contributed by atoms with Gasteiger partial charge in [-0.05, 0) is 61.2 Å². The Kier molecular flexibility index (Phi) is 6.88. The minimum absolute atomic E-state index is 0.0255. The van der Waals surface area contributed by atoms with Crippen molar-refractivity contribution < 1.29 is 17.9 Å². The van der Waals surface area contributed by atoms with Gasteiger partial charge >= 0.3 is 5.97 Å². The van der Waals surface area contributed by atoms with Crippen molar-refractivity contribution >= 4 is 27.5 Å². The molecule has 0 saturated carbocycles. The fourth-order valence-corrected chi connectivity index (χ4v) is 4.85. The number of sulfonamides is 1. The van der Waals surface area contributed by atoms with E-state index in [1.54, 1.807) is 0 Å². The van der Waals surface area contributed by atoms with Crippen molar-refractivity contribution in [2.45, 2.75) is 37.0 Å². The summed E-state index contributed by atoms with van der Waals surface area (Å²) in [5, 5.41) is 0. The van der Waals surface area contributed by atoms with E-state index in [2.05, 4.69) is 31.7 Å². The van der Waals surface area contributed by atoms with Crippen LogP contribution in [-0.2, 0) is 14.8 Å². The predicted molar refractivity (Wildman–Crippen MR) is 126 cm³/mol. The summed E-state index contributed by atoms with van der Waals surface area (Å²) in [7, 11) is -3.83. The fraction of sp³-hybridized carbons (Fsp3) is 0.292. The van der Waals surface area contributed by atoms with Crippen molar-refractivity contribution in [3.8, 4) is 5.75 Å². The number of hydrogen-bond donors (Lipinski definition) is 1. The molecule has 2 heterocycles. The number of nitrogens with one attached hydrogen (secondary N) is 1. The maximum Gasteiger partial charge on any atom is 0.318 e. The first-order valence-corrected chi connectivity index (χ1v) is 12.4. The molecular weight excluding hydrogens is 440 g/mol. The zero-order valence-corrected chi connectivity index (χ0v) is 19.2. The number of carbonyl (C=O) groups is 1. The molecule has 172 valence electrons. The smallest absolute Gasteiger partial charge is 0.318 e. The molecule has 0 amide bonds. The summed E-state index contributed by atoms with van der Waals surface area (Å²) in [6.07, 6.45) is 7.17. The Bertz CT molecular complexity index is 1180. The van der Waals surface area contributed by atoms with Gasteiger partial charge in [-0.25, -0.2) is 13.4 Å². The van der Waals surface area contributed by atoms with Gasteiger partial charge in [0.15, 0.2) is 5.82 Å². The van der Waals surface area contributed by atoms with Gasteiger partial charge in [0, 0.05) is 31.2 Å².